The van der Waals surface area contributed by atoms with Crippen LogP contribution in [0.5, 0.6) is 0 Å². The van der Waals surface area contributed by atoms with Gasteiger partial charge in [0.15, 0.2) is 0 Å². The molecule has 0 unspecified atom stereocenters. The van der Waals surface area contributed by atoms with Crippen LogP contribution in [-0.2, 0) is 16.6 Å². The van der Waals surface area contributed by atoms with Crippen molar-refractivity contribution in [3.63, 3.8) is 0 Å². The molecular formula is C12H17BrN2O2S2. The van der Waals surface area contributed by atoms with Gasteiger partial charge in [-0.2, -0.15) is 0 Å². The Morgan fingerprint density at radius 1 is 1.26 bits per heavy atom. The molecule has 19 heavy (non-hydrogen) atoms. The van der Waals surface area contributed by atoms with Crippen molar-refractivity contribution < 1.29 is 8.42 Å². The van der Waals surface area contributed by atoms with Crippen LogP contribution in [0.1, 0.15) is 37.0 Å². The number of rotatable bonds is 6. The third kappa shape index (κ3) is 3.39. The van der Waals surface area contributed by atoms with Crippen molar-refractivity contribution in [2.75, 3.05) is 0 Å². The van der Waals surface area contributed by atoms with Crippen molar-refractivity contribution in [1.82, 2.24) is 10.0 Å². The van der Waals surface area contributed by atoms with Gasteiger partial charge in [0.25, 0.3) is 0 Å². The Morgan fingerprint density at radius 3 is 2.58 bits per heavy atom. The maximum absolute atomic E-state index is 12.3. The molecule has 0 spiro atoms. The molecule has 2 N–H and O–H groups in total. The van der Waals surface area contributed by atoms with E-state index in [1.807, 2.05) is 0 Å². The number of nitrogens with one attached hydrogen (secondary N) is 2. The van der Waals surface area contributed by atoms with Gasteiger partial charge in [-0.05, 0) is 47.7 Å². The van der Waals surface area contributed by atoms with Gasteiger partial charge in [-0.15, -0.1) is 11.3 Å². The third-order valence-corrected chi connectivity index (χ3v) is 7.34. The van der Waals surface area contributed by atoms with Crippen molar-refractivity contribution in [3.8, 4) is 0 Å². The Bertz CT molecular complexity index is 562. The minimum atomic E-state index is -3.37. The maximum atomic E-state index is 12.3. The van der Waals surface area contributed by atoms with Crippen LogP contribution < -0.4 is 10.0 Å². The third-order valence-electron chi connectivity index (χ3n) is 3.57. The Kier molecular flexibility index (Phi) is 4.01. The van der Waals surface area contributed by atoms with Gasteiger partial charge in [0, 0.05) is 23.5 Å². The Morgan fingerprint density at radius 2 is 2.00 bits per heavy atom. The van der Waals surface area contributed by atoms with Crippen LogP contribution in [0.4, 0.5) is 0 Å². The van der Waals surface area contributed by atoms with Crippen molar-refractivity contribution in [1.29, 1.82) is 0 Å². The van der Waals surface area contributed by atoms with E-state index in [0.717, 1.165) is 30.7 Å². The first-order valence-corrected chi connectivity index (χ1v) is 9.68. The molecule has 7 heteroatoms. The van der Waals surface area contributed by atoms with Gasteiger partial charge in [-0.3, -0.25) is 0 Å². The van der Waals surface area contributed by atoms with E-state index in [4.69, 9.17) is 0 Å². The number of hydrogen-bond donors (Lipinski definition) is 2. The first-order valence-electron chi connectivity index (χ1n) is 6.58. The average Bonchev–Trinajstić information content (AvgIpc) is 3.04. The second-order valence-electron chi connectivity index (χ2n) is 5.25. The zero-order chi connectivity index (χ0) is 13.5. The van der Waals surface area contributed by atoms with Crippen LogP contribution >= 0.6 is 27.3 Å². The van der Waals surface area contributed by atoms with Gasteiger partial charge in [-0.1, -0.05) is 6.42 Å². The monoisotopic (exact) mass is 364 g/mol. The lowest BCUT2D eigenvalue weighted by Gasteiger charge is -2.25. The fourth-order valence-electron chi connectivity index (χ4n) is 2.01. The molecule has 0 aliphatic heterocycles. The largest absolute Gasteiger partial charge is 0.309 e. The molecule has 0 amide bonds. The summed E-state index contributed by atoms with van der Waals surface area (Å²) in [5, 5.41) is 3.40. The van der Waals surface area contributed by atoms with Crippen LogP contribution in [0.3, 0.4) is 0 Å². The standard InChI is InChI=1S/C12H17BrN2O2S2/c13-12-11(19(16,17)15-9-2-1-3-9)6-10(18-12)7-14-8-4-5-8/h6,8-9,14-15H,1-5,7H2. The van der Waals surface area contributed by atoms with Crippen molar-refractivity contribution in [2.45, 2.75) is 55.6 Å². The molecule has 2 aliphatic carbocycles. The fourth-order valence-corrected chi connectivity index (χ4v) is 5.95. The summed E-state index contributed by atoms with van der Waals surface area (Å²) in [4.78, 5) is 1.45. The molecule has 1 heterocycles. The van der Waals surface area contributed by atoms with Gasteiger partial charge >= 0.3 is 0 Å². The lowest BCUT2D eigenvalue weighted by atomic mass is 9.94. The molecule has 3 rings (SSSR count). The SMILES string of the molecule is O=S(=O)(NC1CCC1)c1cc(CNC2CC2)sc1Br. The summed E-state index contributed by atoms with van der Waals surface area (Å²) in [6.07, 6.45) is 5.50. The highest BCUT2D eigenvalue weighted by molar-refractivity contribution is 9.11. The molecule has 2 fully saturated rings. The molecule has 1 aromatic heterocycles. The van der Waals surface area contributed by atoms with E-state index in [2.05, 4.69) is 26.0 Å². The van der Waals surface area contributed by atoms with E-state index in [0.29, 0.717) is 14.7 Å². The summed E-state index contributed by atoms with van der Waals surface area (Å²) in [5.41, 5.74) is 0. The summed E-state index contributed by atoms with van der Waals surface area (Å²) in [7, 11) is -3.37. The predicted molar refractivity (Wildman–Crippen MR) is 79.8 cm³/mol. The van der Waals surface area contributed by atoms with Crippen LogP contribution in [0.25, 0.3) is 0 Å². The smallest absolute Gasteiger partial charge is 0.242 e. The molecular weight excluding hydrogens is 348 g/mol. The first-order chi connectivity index (χ1) is 9.04. The topological polar surface area (TPSA) is 58.2 Å². The second kappa shape index (κ2) is 5.44. The van der Waals surface area contributed by atoms with E-state index >= 15 is 0 Å². The van der Waals surface area contributed by atoms with E-state index in [1.165, 1.54) is 24.2 Å². The van der Waals surface area contributed by atoms with Gasteiger partial charge in [-0.25, -0.2) is 13.1 Å². The highest BCUT2D eigenvalue weighted by Crippen LogP contribution is 2.33. The highest BCUT2D eigenvalue weighted by Gasteiger charge is 2.28. The Balaban J connectivity index is 1.70. The van der Waals surface area contributed by atoms with Gasteiger partial charge in [0.1, 0.15) is 4.90 Å². The Labute approximate surface area is 126 Å². The number of hydrogen-bond acceptors (Lipinski definition) is 4. The summed E-state index contributed by atoms with van der Waals surface area (Å²) in [5.74, 6) is 0. The number of thiophene rings is 1. The van der Waals surface area contributed by atoms with Gasteiger partial charge < -0.3 is 5.32 Å². The molecule has 0 saturated heterocycles. The van der Waals surface area contributed by atoms with Crippen molar-refractivity contribution >= 4 is 37.3 Å². The average molecular weight is 365 g/mol. The molecule has 0 radical (unpaired) electrons. The molecule has 4 nitrogen and oxygen atoms in total. The number of halogens is 1. The maximum Gasteiger partial charge on any atom is 0.242 e. The summed E-state index contributed by atoms with van der Waals surface area (Å²) in [6.45, 7) is 0.757. The van der Waals surface area contributed by atoms with Crippen LogP contribution in [0.2, 0.25) is 0 Å². The highest BCUT2D eigenvalue weighted by atomic mass is 79.9. The van der Waals surface area contributed by atoms with Gasteiger partial charge in [0.2, 0.25) is 10.0 Å². The van der Waals surface area contributed by atoms with Crippen LogP contribution in [0, 0.1) is 0 Å². The van der Waals surface area contributed by atoms with Gasteiger partial charge in [0.05, 0.1) is 3.79 Å². The second-order valence-corrected chi connectivity index (χ2v) is 9.39. The molecule has 0 atom stereocenters. The molecule has 2 aliphatic rings. The lowest BCUT2D eigenvalue weighted by Crippen LogP contribution is -2.39. The zero-order valence-electron chi connectivity index (χ0n) is 10.5. The molecule has 2 saturated carbocycles. The zero-order valence-corrected chi connectivity index (χ0v) is 13.7. The first kappa shape index (κ1) is 14.0. The lowest BCUT2D eigenvalue weighted by molar-refractivity contribution is 0.383. The van der Waals surface area contributed by atoms with Crippen LogP contribution in [0.15, 0.2) is 14.7 Å². The van der Waals surface area contributed by atoms with E-state index in [1.54, 1.807) is 6.07 Å². The predicted octanol–water partition coefficient (Wildman–Crippen LogP) is 2.59. The minimum Gasteiger partial charge on any atom is -0.309 e. The van der Waals surface area contributed by atoms with Crippen molar-refractivity contribution in [2.24, 2.45) is 0 Å². The summed E-state index contributed by atoms with van der Waals surface area (Å²) >= 11 is 4.88. The summed E-state index contributed by atoms with van der Waals surface area (Å²) in [6, 6.07) is 2.55. The normalized spacial score (nSPS) is 20.5. The van der Waals surface area contributed by atoms with E-state index < -0.39 is 10.0 Å². The quantitative estimate of drug-likeness (QED) is 0.815. The van der Waals surface area contributed by atoms with Crippen LogP contribution in [-0.4, -0.2) is 20.5 Å². The minimum absolute atomic E-state index is 0.129. The molecule has 1 aromatic rings. The fraction of sp³-hybridized carbons (Fsp3) is 0.667. The Hall–Kier alpha value is 0.0500. The molecule has 0 bridgehead atoms. The van der Waals surface area contributed by atoms with E-state index in [-0.39, 0.29) is 6.04 Å². The van der Waals surface area contributed by atoms with Crippen molar-refractivity contribution in [3.05, 3.63) is 14.7 Å². The van der Waals surface area contributed by atoms with E-state index in [9.17, 15) is 8.42 Å². The molecule has 0 aromatic carbocycles. The number of sulfonamides is 1. The summed E-state index contributed by atoms with van der Waals surface area (Å²) < 4.78 is 28.0. The molecule has 106 valence electrons.